The van der Waals surface area contributed by atoms with Crippen molar-refractivity contribution in [1.82, 2.24) is 5.32 Å². The number of nitrogens with one attached hydrogen (secondary N) is 1. The molecule has 0 aliphatic carbocycles. The van der Waals surface area contributed by atoms with E-state index in [-0.39, 0.29) is 11.5 Å². The summed E-state index contributed by atoms with van der Waals surface area (Å²) in [4.78, 5) is 22.0. The Balaban J connectivity index is 2.34. The zero-order valence-electron chi connectivity index (χ0n) is 9.56. The summed E-state index contributed by atoms with van der Waals surface area (Å²) in [5.74, 6) is -1.83. The fourth-order valence-electron chi connectivity index (χ4n) is 1.24. The number of rotatable bonds is 7. The summed E-state index contributed by atoms with van der Waals surface area (Å²) in [6.07, 6.45) is 1.65. The van der Waals surface area contributed by atoms with Crippen molar-refractivity contribution in [3.05, 3.63) is 23.7 Å². The minimum absolute atomic E-state index is 0.00846. The minimum atomic E-state index is -1.19. The number of carbonyl (C=O) groups excluding carboxylic acids is 1. The first-order chi connectivity index (χ1) is 8.15. The van der Waals surface area contributed by atoms with Gasteiger partial charge in [0.05, 0.1) is 0 Å². The fourth-order valence-corrected chi connectivity index (χ4v) is 1.24. The van der Waals surface area contributed by atoms with Gasteiger partial charge in [-0.05, 0) is 25.0 Å². The Labute approximate surface area is 98.6 Å². The van der Waals surface area contributed by atoms with Crippen LogP contribution in [0.5, 0.6) is 0 Å². The molecule has 17 heavy (non-hydrogen) atoms. The van der Waals surface area contributed by atoms with Crippen molar-refractivity contribution < 1.29 is 23.8 Å². The Hall–Kier alpha value is -1.82. The maximum atomic E-state index is 11.5. The van der Waals surface area contributed by atoms with Crippen molar-refractivity contribution in [2.24, 2.45) is 0 Å². The largest absolute Gasteiger partial charge is 0.475 e. The summed E-state index contributed by atoms with van der Waals surface area (Å²) in [5.41, 5.74) is 0. The smallest absolute Gasteiger partial charge is 0.371 e. The molecule has 0 radical (unpaired) electrons. The molecule has 0 spiro atoms. The molecule has 1 heterocycles. The van der Waals surface area contributed by atoms with Gasteiger partial charge in [-0.15, -0.1) is 0 Å². The van der Waals surface area contributed by atoms with Crippen molar-refractivity contribution >= 4 is 11.9 Å². The lowest BCUT2D eigenvalue weighted by molar-refractivity contribution is 0.0659. The van der Waals surface area contributed by atoms with Crippen LogP contribution in [-0.2, 0) is 4.74 Å². The number of unbranched alkanes of at least 4 members (excludes halogenated alkanes) is 1. The van der Waals surface area contributed by atoms with Gasteiger partial charge >= 0.3 is 5.97 Å². The Morgan fingerprint density at radius 2 is 2.06 bits per heavy atom. The Bertz CT molecular complexity index is 385. The first-order valence-corrected chi connectivity index (χ1v) is 5.25. The number of methoxy groups -OCH3 is 1. The van der Waals surface area contributed by atoms with E-state index in [1.54, 1.807) is 7.11 Å². The van der Waals surface area contributed by atoms with Crippen LogP contribution < -0.4 is 5.32 Å². The van der Waals surface area contributed by atoms with Gasteiger partial charge in [0.15, 0.2) is 5.76 Å². The van der Waals surface area contributed by atoms with Crippen LogP contribution in [0, 0.1) is 0 Å². The summed E-state index contributed by atoms with van der Waals surface area (Å²) in [7, 11) is 1.62. The lowest BCUT2D eigenvalue weighted by Gasteiger charge is -2.02. The number of carbonyl (C=O) groups is 2. The average molecular weight is 241 g/mol. The summed E-state index contributed by atoms with van der Waals surface area (Å²) in [6, 6.07) is 2.59. The van der Waals surface area contributed by atoms with Crippen LogP contribution in [0.1, 0.15) is 34.0 Å². The second-order valence-electron chi connectivity index (χ2n) is 3.42. The summed E-state index contributed by atoms with van der Waals surface area (Å²) >= 11 is 0. The SMILES string of the molecule is COCCCCNC(=O)c1ccc(C(=O)O)o1. The maximum Gasteiger partial charge on any atom is 0.371 e. The lowest BCUT2D eigenvalue weighted by Crippen LogP contribution is -2.24. The van der Waals surface area contributed by atoms with Gasteiger partial charge in [0.2, 0.25) is 5.76 Å². The summed E-state index contributed by atoms with van der Waals surface area (Å²) < 4.78 is 9.72. The molecule has 0 unspecified atom stereocenters. The molecule has 2 N–H and O–H groups in total. The van der Waals surface area contributed by atoms with Gasteiger partial charge in [-0.1, -0.05) is 0 Å². The van der Waals surface area contributed by atoms with Crippen molar-refractivity contribution in [2.45, 2.75) is 12.8 Å². The molecule has 1 amide bonds. The highest BCUT2D eigenvalue weighted by atomic mass is 16.5. The number of amides is 1. The highest BCUT2D eigenvalue weighted by Crippen LogP contribution is 2.07. The number of carboxylic acid groups (broad SMARTS) is 1. The third-order valence-electron chi connectivity index (χ3n) is 2.10. The number of furan rings is 1. The maximum absolute atomic E-state index is 11.5. The van der Waals surface area contributed by atoms with E-state index in [1.165, 1.54) is 12.1 Å². The standard InChI is InChI=1S/C11H15NO5/c1-16-7-3-2-6-12-10(13)8-4-5-9(17-8)11(14)15/h4-5H,2-3,6-7H2,1H3,(H,12,13)(H,14,15). The predicted molar refractivity (Wildman–Crippen MR) is 59.1 cm³/mol. The van der Waals surface area contributed by atoms with E-state index in [2.05, 4.69) is 5.32 Å². The van der Waals surface area contributed by atoms with Crippen LogP contribution >= 0.6 is 0 Å². The van der Waals surface area contributed by atoms with E-state index < -0.39 is 11.9 Å². The topological polar surface area (TPSA) is 88.8 Å². The predicted octanol–water partition coefficient (Wildman–Crippen LogP) is 1.13. The molecule has 94 valence electrons. The molecule has 6 nitrogen and oxygen atoms in total. The number of carboxylic acids is 1. The van der Waals surface area contributed by atoms with E-state index in [4.69, 9.17) is 14.3 Å². The van der Waals surface area contributed by atoms with Crippen molar-refractivity contribution in [3.63, 3.8) is 0 Å². The molecule has 6 heteroatoms. The summed E-state index contributed by atoms with van der Waals surface area (Å²) in [6.45, 7) is 1.16. The molecular weight excluding hydrogens is 226 g/mol. The van der Waals surface area contributed by atoms with Crippen molar-refractivity contribution in [3.8, 4) is 0 Å². The molecule has 1 aromatic heterocycles. The van der Waals surface area contributed by atoms with Gasteiger partial charge in [0.1, 0.15) is 0 Å². The van der Waals surface area contributed by atoms with E-state index in [1.807, 2.05) is 0 Å². The normalized spacial score (nSPS) is 10.2. The molecule has 0 bridgehead atoms. The van der Waals surface area contributed by atoms with Crippen LogP contribution in [0.15, 0.2) is 16.5 Å². The van der Waals surface area contributed by atoms with Gasteiger partial charge < -0.3 is 19.6 Å². The third kappa shape index (κ3) is 4.28. The van der Waals surface area contributed by atoms with Gasteiger partial charge in [-0.25, -0.2) is 4.79 Å². The van der Waals surface area contributed by atoms with Crippen LogP contribution in [-0.4, -0.2) is 37.2 Å². The van der Waals surface area contributed by atoms with Crippen molar-refractivity contribution in [1.29, 1.82) is 0 Å². The zero-order chi connectivity index (χ0) is 12.7. The number of ether oxygens (including phenoxy) is 1. The molecule has 0 aliphatic rings. The highest BCUT2D eigenvalue weighted by molar-refractivity contribution is 5.93. The molecule has 1 aromatic rings. The highest BCUT2D eigenvalue weighted by Gasteiger charge is 2.13. The Morgan fingerprint density at radius 1 is 1.35 bits per heavy atom. The fraction of sp³-hybridized carbons (Fsp3) is 0.455. The van der Waals surface area contributed by atoms with Gasteiger partial charge in [-0.3, -0.25) is 4.79 Å². The number of hydrogen-bond acceptors (Lipinski definition) is 4. The molecule has 0 aliphatic heterocycles. The first kappa shape index (κ1) is 13.2. The van der Waals surface area contributed by atoms with Crippen LogP contribution in [0.3, 0.4) is 0 Å². The molecule has 1 rings (SSSR count). The second-order valence-corrected chi connectivity index (χ2v) is 3.42. The molecule has 0 saturated heterocycles. The van der Waals surface area contributed by atoms with E-state index in [0.29, 0.717) is 13.2 Å². The van der Waals surface area contributed by atoms with Crippen LogP contribution in [0.25, 0.3) is 0 Å². The van der Waals surface area contributed by atoms with Gasteiger partial charge in [0, 0.05) is 20.3 Å². The second kappa shape index (κ2) is 6.70. The molecule has 0 fully saturated rings. The van der Waals surface area contributed by atoms with E-state index in [9.17, 15) is 9.59 Å². The monoisotopic (exact) mass is 241 g/mol. The van der Waals surface area contributed by atoms with Crippen LogP contribution in [0.4, 0.5) is 0 Å². The molecular formula is C11H15NO5. The first-order valence-electron chi connectivity index (χ1n) is 5.25. The number of aromatic carboxylic acids is 1. The molecule has 0 atom stereocenters. The quantitative estimate of drug-likeness (QED) is 0.698. The minimum Gasteiger partial charge on any atom is -0.475 e. The van der Waals surface area contributed by atoms with E-state index >= 15 is 0 Å². The Morgan fingerprint density at radius 3 is 2.65 bits per heavy atom. The molecule has 0 aromatic carbocycles. The summed E-state index contributed by atoms with van der Waals surface area (Å²) in [5, 5.41) is 11.2. The number of hydrogen-bond donors (Lipinski definition) is 2. The van der Waals surface area contributed by atoms with Gasteiger partial charge in [0.25, 0.3) is 5.91 Å². The average Bonchev–Trinajstić information content (AvgIpc) is 2.78. The van der Waals surface area contributed by atoms with Crippen LogP contribution in [0.2, 0.25) is 0 Å². The Kier molecular flexibility index (Phi) is 5.22. The third-order valence-corrected chi connectivity index (χ3v) is 2.10. The zero-order valence-corrected chi connectivity index (χ0v) is 9.56. The molecule has 0 saturated carbocycles. The van der Waals surface area contributed by atoms with Crippen molar-refractivity contribution in [2.75, 3.05) is 20.3 Å². The van der Waals surface area contributed by atoms with E-state index in [0.717, 1.165) is 12.8 Å². The van der Waals surface area contributed by atoms with Gasteiger partial charge in [-0.2, -0.15) is 0 Å². The lowest BCUT2D eigenvalue weighted by atomic mass is 10.3.